The number of hydrogen-bond acceptors (Lipinski definition) is 4. The predicted octanol–water partition coefficient (Wildman–Crippen LogP) is 1.09. The molecular weight excluding hydrogens is 218 g/mol. The lowest BCUT2D eigenvalue weighted by Crippen LogP contribution is -2.21. The average Bonchev–Trinajstić information content (AvgIpc) is 2.36. The molecule has 0 aromatic heterocycles. The van der Waals surface area contributed by atoms with E-state index in [1.54, 1.807) is 0 Å². The van der Waals surface area contributed by atoms with Gasteiger partial charge in [0.25, 0.3) is 0 Å². The molecular formula is C13H21NO3. The first-order valence-corrected chi connectivity index (χ1v) is 5.92. The van der Waals surface area contributed by atoms with Crippen LogP contribution in [0.25, 0.3) is 0 Å². The first-order valence-electron chi connectivity index (χ1n) is 5.92. The van der Waals surface area contributed by atoms with Crippen molar-refractivity contribution < 1.29 is 14.9 Å². The van der Waals surface area contributed by atoms with Crippen molar-refractivity contribution in [2.45, 2.75) is 26.0 Å². The van der Waals surface area contributed by atoms with Gasteiger partial charge in [0.2, 0.25) is 0 Å². The Kier molecular flexibility index (Phi) is 5.97. The van der Waals surface area contributed by atoms with Gasteiger partial charge in [-0.25, -0.2) is 0 Å². The number of rotatable bonds is 7. The maximum atomic E-state index is 9.15. The minimum absolute atomic E-state index is 0.110. The Morgan fingerprint density at radius 2 is 1.94 bits per heavy atom. The highest BCUT2D eigenvalue weighted by molar-refractivity contribution is 5.28. The van der Waals surface area contributed by atoms with Crippen LogP contribution in [0.4, 0.5) is 0 Å². The number of benzene rings is 1. The molecule has 0 radical (unpaired) electrons. The maximum Gasteiger partial charge on any atom is 0.119 e. The largest absolute Gasteiger partial charge is 0.491 e. The smallest absolute Gasteiger partial charge is 0.119 e. The van der Waals surface area contributed by atoms with Crippen LogP contribution in [0.5, 0.6) is 5.75 Å². The van der Waals surface area contributed by atoms with Gasteiger partial charge in [-0.2, -0.15) is 0 Å². The van der Waals surface area contributed by atoms with Crippen molar-refractivity contribution in [3.05, 3.63) is 29.8 Å². The molecule has 3 N–H and O–H groups in total. The van der Waals surface area contributed by atoms with Crippen LogP contribution in [0.2, 0.25) is 0 Å². The van der Waals surface area contributed by atoms with Crippen molar-refractivity contribution >= 4 is 0 Å². The Bertz CT molecular complexity index is 313. The van der Waals surface area contributed by atoms with Gasteiger partial charge in [0.05, 0.1) is 6.61 Å². The lowest BCUT2D eigenvalue weighted by Gasteiger charge is -2.14. The topological polar surface area (TPSA) is 61.7 Å². The predicted molar refractivity (Wildman–Crippen MR) is 67.1 cm³/mol. The summed E-state index contributed by atoms with van der Waals surface area (Å²) in [5.74, 6) is 0.699. The summed E-state index contributed by atoms with van der Waals surface area (Å²) in [6.07, 6.45) is -0.824. The minimum atomic E-state index is -0.824. The molecule has 4 heteroatoms. The van der Waals surface area contributed by atoms with Gasteiger partial charge in [-0.15, -0.1) is 0 Å². The SMILES string of the molecule is CCNC(C)c1ccc(OCC(O)CO)cc1. The van der Waals surface area contributed by atoms with E-state index in [-0.39, 0.29) is 13.2 Å². The monoisotopic (exact) mass is 239 g/mol. The van der Waals surface area contributed by atoms with Gasteiger partial charge >= 0.3 is 0 Å². The molecule has 4 nitrogen and oxygen atoms in total. The molecule has 1 aromatic carbocycles. The average molecular weight is 239 g/mol. The Hall–Kier alpha value is -1.10. The van der Waals surface area contributed by atoms with Crippen LogP contribution in [0.15, 0.2) is 24.3 Å². The summed E-state index contributed by atoms with van der Waals surface area (Å²) in [5.41, 5.74) is 1.20. The molecule has 0 aliphatic rings. The Labute approximate surface area is 102 Å². The molecule has 2 atom stereocenters. The van der Waals surface area contributed by atoms with Gasteiger partial charge in [-0.05, 0) is 31.2 Å². The summed E-state index contributed by atoms with van der Waals surface area (Å²) in [6.45, 7) is 4.94. The van der Waals surface area contributed by atoms with E-state index >= 15 is 0 Å². The summed E-state index contributed by atoms with van der Waals surface area (Å²) >= 11 is 0. The Morgan fingerprint density at radius 1 is 1.29 bits per heavy atom. The normalized spacial score (nSPS) is 14.4. The van der Waals surface area contributed by atoms with E-state index in [1.165, 1.54) is 5.56 Å². The number of aliphatic hydroxyl groups excluding tert-OH is 2. The lowest BCUT2D eigenvalue weighted by atomic mass is 10.1. The highest BCUT2D eigenvalue weighted by Crippen LogP contribution is 2.17. The molecule has 0 heterocycles. The second-order valence-electron chi connectivity index (χ2n) is 4.00. The fourth-order valence-corrected chi connectivity index (χ4v) is 1.52. The molecule has 0 aliphatic carbocycles. The zero-order valence-corrected chi connectivity index (χ0v) is 10.4. The summed E-state index contributed by atoms with van der Waals surface area (Å²) in [5, 5.41) is 21.1. The van der Waals surface area contributed by atoms with Crippen molar-refractivity contribution in [1.29, 1.82) is 0 Å². The van der Waals surface area contributed by atoms with Gasteiger partial charge in [-0.3, -0.25) is 0 Å². The molecule has 0 amide bonds. The molecule has 2 unspecified atom stereocenters. The van der Waals surface area contributed by atoms with Crippen LogP contribution in [0.3, 0.4) is 0 Å². The van der Waals surface area contributed by atoms with E-state index in [1.807, 2.05) is 24.3 Å². The third kappa shape index (κ3) is 4.73. The van der Waals surface area contributed by atoms with Crippen LogP contribution in [-0.2, 0) is 0 Å². The third-order valence-electron chi connectivity index (χ3n) is 2.54. The van der Waals surface area contributed by atoms with Crippen LogP contribution >= 0.6 is 0 Å². The number of hydrogen-bond donors (Lipinski definition) is 3. The van der Waals surface area contributed by atoms with Crippen molar-refractivity contribution in [2.75, 3.05) is 19.8 Å². The summed E-state index contributed by atoms with van der Waals surface area (Å²) in [7, 11) is 0. The zero-order chi connectivity index (χ0) is 12.7. The van der Waals surface area contributed by atoms with Gasteiger partial charge < -0.3 is 20.3 Å². The van der Waals surface area contributed by atoms with E-state index in [2.05, 4.69) is 19.2 Å². The van der Waals surface area contributed by atoms with Crippen molar-refractivity contribution in [1.82, 2.24) is 5.32 Å². The molecule has 17 heavy (non-hydrogen) atoms. The molecule has 96 valence electrons. The quantitative estimate of drug-likeness (QED) is 0.666. The first-order chi connectivity index (χ1) is 8.17. The second kappa shape index (κ2) is 7.27. The van der Waals surface area contributed by atoms with Crippen molar-refractivity contribution in [3.63, 3.8) is 0 Å². The molecule has 0 fully saturated rings. The highest BCUT2D eigenvalue weighted by atomic mass is 16.5. The number of ether oxygens (including phenoxy) is 1. The molecule has 0 aliphatic heterocycles. The molecule has 1 aromatic rings. The van der Waals surface area contributed by atoms with Crippen LogP contribution < -0.4 is 10.1 Å². The van der Waals surface area contributed by atoms with Crippen molar-refractivity contribution in [3.8, 4) is 5.75 Å². The summed E-state index contributed by atoms with van der Waals surface area (Å²) in [6, 6.07) is 8.04. The Morgan fingerprint density at radius 3 is 2.47 bits per heavy atom. The van der Waals surface area contributed by atoms with Crippen LogP contribution in [0, 0.1) is 0 Å². The van der Waals surface area contributed by atoms with E-state index in [4.69, 9.17) is 14.9 Å². The molecule has 0 bridgehead atoms. The van der Waals surface area contributed by atoms with Crippen molar-refractivity contribution in [2.24, 2.45) is 0 Å². The van der Waals surface area contributed by atoms with E-state index in [0.29, 0.717) is 11.8 Å². The van der Waals surface area contributed by atoms with Crippen LogP contribution in [0.1, 0.15) is 25.5 Å². The van der Waals surface area contributed by atoms with Gasteiger partial charge in [0.1, 0.15) is 18.5 Å². The van der Waals surface area contributed by atoms with Gasteiger partial charge in [0.15, 0.2) is 0 Å². The first kappa shape index (κ1) is 14.0. The van der Waals surface area contributed by atoms with E-state index in [0.717, 1.165) is 6.54 Å². The molecule has 0 spiro atoms. The van der Waals surface area contributed by atoms with E-state index in [9.17, 15) is 0 Å². The molecule has 0 saturated carbocycles. The molecule has 1 rings (SSSR count). The maximum absolute atomic E-state index is 9.15. The number of aliphatic hydroxyl groups is 2. The zero-order valence-electron chi connectivity index (χ0n) is 10.4. The summed E-state index contributed by atoms with van der Waals surface area (Å²) in [4.78, 5) is 0. The highest BCUT2D eigenvalue weighted by Gasteiger charge is 2.05. The lowest BCUT2D eigenvalue weighted by molar-refractivity contribution is 0.0536. The number of nitrogens with one attached hydrogen (secondary N) is 1. The summed E-state index contributed by atoms with van der Waals surface area (Å²) < 4.78 is 5.32. The van der Waals surface area contributed by atoms with E-state index < -0.39 is 6.10 Å². The van der Waals surface area contributed by atoms with Gasteiger partial charge in [0, 0.05) is 6.04 Å². The second-order valence-corrected chi connectivity index (χ2v) is 4.00. The Balaban J connectivity index is 2.50. The fourth-order valence-electron chi connectivity index (χ4n) is 1.52. The third-order valence-corrected chi connectivity index (χ3v) is 2.54. The molecule has 0 saturated heterocycles. The fraction of sp³-hybridized carbons (Fsp3) is 0.538. The van der Waals surface area contributed by atoms with Gasteiger partial charge in [-0.1, -0.05) is 19.1 Å². The van der Waals surface area contributed by atoms with Crippen LogP contribution in [-0.4, -0.2) is 36.1 Å². The minimum Gasteiger partial charge on any atom is -0.491 e. The standard InChI is InChI=1S/C13H21NO3/c1-3-14-10(2)11-4-6-13(7-5-11)17-9-12(16)8-15/h4-7,10,12,14-16H,3,8-9H2,1-2H3.